The van der Waals surface area contributed by atoms with E-state index >= 15 is 0 Å². The summed E-state index contributed by atoms with van der Waals surface area (Å²) in [6.07, 6.45) is 0.553. The van der Waals surface area contributed by atoms with Crippen LogP contribution in [0, 0.1) is 5.82 Å². The fourth-order valence-electron chi connectivity index (χ4n) is 3.81. The van der Waals surface area contributed by atoms with E-state index in [-0.39, 0.29) is 23.5 Å². The molecule has 1 atom stereocenters. The summed E-state index contributed by atoms with van der Waals surface area (Å²) in [6.45, 7) is 0. The molecule has 0 saturated heterocycles. The summed E-state index contributed by atoms with van der Waals surface area (Å²) >= 11 is 0. The van der Waals surface area contributed by atoms with Crippen molar-refractivity contribution in [3.8, 4) is 5.75 Å². The third-order valence-corrected chi connectivity index (χ3v) is 5.28. The number of carbonyl (C=O) groups is 2. The third kappa shape index (κ3) is 4.05. The largest absolute Gasteiger partial charge is 0.508 e. The van der Waals surface area contributed by atoms with Crippen LogP contribution in [0.4, 0.5) is 10.1 Å². The van der Waals surface area contributed by atoms with Crippen LogP contribution in [0.15, 0.2) is 90.2 Å². The van der Waals surface area contributed by atoms with Crippen LogP contribution in [0.25, 0.3) is 0 Å². The van der Waals surface area contributed by atoms with Crippen LogP contribution >= 0.6 is 0 Å². The van der Waals surface area contributed by atoms with Gasteiger partial charge in [0.1, 0.15) is 11.6 Å². The van der Waals surface area contributed by atoms with Crippen LogP contribution in [-0.4, -0.2) is 21.9 Å². The molecule has 0 saturated carbocycles. The highest BCUT2D eigenvalue weighted by molar-refractivity contribution is 6.16. The Hall–Kier alpha value is -3.93. The summed E-state index contributed by atoms with van der Waals surface area (Å²) in [4.78, 5) is 27.4. The van der Waals surface area contributed by atoms with E-state index in [1.807, 2.05) is 30.3 Å². The van der Waals surface area contributed by atoms with Crippen molar-refractivity contribution in [1.82, 2.24) is 0 Å². The Labute approximate surface area is 178 Å². The number of anilines is 1. The number of amides is 1. The van der Waals surface area contributed by atoms with Gasteiger partial charge in [-0.2, -0.15) is 0 Å². The number of phenols is 1. The standard InChI is InChI=1S/C25H20FNO4/c26-18-10-12-19(13-11-18)27-23(17-7-4-8-20(28)15-17)22(24(30)25(27)31)21(29)14-9-16-5-2-1-3-6-16/h1-8,10-13,15,23,28,30H,9,14H2. The number of ketones is 1. The topological polar surface area (TPSA) is 77.8 Å². The Morgan fingerprint density at radius 1 is 0.935 bits per heavy atom. The Morgan fingerprint density at radius 3 is 2.32 bits per heavy atom. The first kappa shape index (κ1) is 20.3. The first-order valence-corrected chi connectivity index (χ1v) is 9.84. The number of phenolic OH excluding ortho intramolecular Hbond substituents is 1. The molecule has 2 N–H and O–H groups in total. The lowest BCUT2D eigenvalue weighted by Gasteiger charge is -2.27. The fraction of sp³-hybridized carbons (Fsp3) is 0.120. The number of aromatic hydroxyl groups is 1. The molecule has 1 aliphatic heterocycles. The maximum absolute atomic E-state index is 13.4. The molecule has 0 bridgehead atoms. The van der Waals surface area contributed by atoms with Crippen molar-refractivity contribution >= 4 is 17.4 Å². The van der Waals surface area contributed by atoms with Crippen molar-refractivity contribution in [2.45, 2.75) is 18.9 Å². The van der Waals surface area contributed by atoms with Crippen LogP contribution in [0.1, 0.15) is 23.6 Å². The number of carbonyl (C=O) groups excluding carboxylic acids is 2. The van der Waals surface area contributed by atoms with Gasteiger partial charge in [-0.1, -0.05) is 42.5 Å². The Morgan fingerprint density at radius 2 is 1.65 bits per heavy atom. The lowest BCUT2D eigenvalue weighted by atomic mass is 9.93. The maximum Gasteiger partial charge on any atom is 0.294 e. The molecule has 1 heterocycles. The van der Waals surface area contributed by atoms with Crippen LogP contribution in [0.3, 0.4) is 0 Å². The second-order valence-electron chi connectivity index (χ2n) is 7.32. The van der Waals surface area contributed by atoms with E-state index in [1.165, 1.54) is 41.3 Å². The third-order valence-electron chi connectivity index (χ3n) is 5.28. The van der Waals surface area contributed by atoms with Crippen LogP contribution in [0.2, 0.25) is 0 Å². The van der Waals surface area contributed by atoms with Gasteiger partial charge in [0.25, 0.3) is 5.91 Å². The van der Waals surface area contributed by atoms with Gasteiger partial charge in [0.2, 0.25) is 0 Å². The van der Waals surface area contributed by atoms with Gasteiger partial charge in [0.05, 0.1) is 11.6 Å². The molecular weight excluding hydrogens is 397 g/mol. The highest BCUT2D eigenvalue weighted by Crippen LogP contribution is 2.42. The molecule has 1 amide bonds. The van der Waals surface area contributed by atoms with E-state index in [1.54, 1.807) is 12.1 Å². The molecule has 0 spiro atoms. The van der Waals surface area contributed by atoms with Crippen molar-refractivity contribution in [3.63, 3.8) is 0 Å². The number of nitrogens with zero attached hydrogens (tertiary/aromatic N) is 1. The zero-order valence-electron chi connectivity index (χ0n) is 16.5. The minimum atomic E-state index is -0.937. The average Bonchev–Trinajstić information content (AvgIpc) is 3.04. The first-order valence-electron chi connectivity index (χ1n) is 9.84. The van der Waals surface area contributed by atoms with Crippen molar-refractivity contribution in [1.29, 1.82) is 0 Å². The smallest absolute Gasteiger partial charge is 0.294 e. The van der Waals surface area contributed by atoms with E-state index in [0.717, 1.165) is 5.56 Å². The Balaban J connectivity index is 1.73. The summed E-state index contributed by atoms with van der Waals surface area (Å²) in [6, 6.07) is 19.9. The number of hydrogen-bond donors (Lipinski definition) is 2. The molecule has 5 nitrogen and oxygen atoms in total. The highest BCUT2D eigenvalue weighted by Gasteiger charge is 2.44. The minimum absolute atomic E-state index is 0.0316. The summed E-state index contributed by atoms with van der Waals surface area (Å²) in [7, 11) is 0. The van der Waals surface area contributed by atoms with Crippen molar-refractivity contribution < 1.29 is 24.2 Å². The Kier molecular flexibility index (Phi) is 5.54. The van der Waals surface area contributed by atoms with Crippen molar-refractivity contribution in [2.24, 2.45) is 0 Å². The second-order valence-corrected chi connectivity index (χ2v) is 7.32. The zero-order chi connectivity index (χ0) is 22.0. The molecule has 0 aromatic heterocycles. The summed E-state index contributed by atoms with van der Waals surface area (Å²) in [5, 5.41) is 20.6. The predicted octanol–water partition coefficient (Wildman–Crippen LogP) is 4.63. The molecule has 4 rings (SSSR count). The van der Waals surface area contributed by atoms with Gasteiger partial charge in [-0.15, -0.1) is 0 Å². The predicted molar refractivity (Wildman–Crippen MR) is 114 cm³/mol. The van der Waals surface area contributed by atoms with E-state index < -0.39 is 23.5 Å². The van der Waals surface area contributed by atoms with Crippen LogP contribution < -0.4 is 4.90 Å². The second kappa shape index (κ2) is 8.44. The number of aliphatic hydroxyl groups is 1. The van der Waals surface area contributed by atoms with Gasteiger partial charge in [-0.05, 0) is 53.9 Å². The lowest BCUT2D eigenvalue weighted by Crippen LogP contribution is -2.31. The normalized spacial score (nSPS) is 16.1. The lowest BCUT2D eigenvalue weighted by molar-refractivity contribution is -0.118. The first-order chi connectivity index (χ1) is 15.0. The maximum atomic E-state index is 13.4. The minimum Gasteiger partial charge on any atom is -0.508 e. The summed E-state index contributed by atoms with van der Waals surface area (Å²) in [5.74, 6) is -2.25. The van der Waals surface area contributed by atoms with Gasteiger partial charge >= 0.3 is 0 Å². The molecule has 31 heavy (non-hydrogen) atoms. The van der Waals surface area contributed by atoms with Gasteiger partial charge in [0.15, 0.2) is 11.5 Å². The number of aliphatic hydroxyl groups excluding tert-OH is 1. The van der Waals surface area contributed by atoms with Crippen LogP contribution in [-0.2, 0) is 16.0 Å². The number of hydrogen-bond acceptors (Lipinski definition) is 4. The number of rotatable bonds is 6. The molecule has 0 aliphatic carbocycles. The van der Waals surface area contributed by atoms with E-state index in [4.69, 9.17) is 0 Å². The van der Waals surface area contributed by atoms with Gasteiger partial charge < -0.3 is 10.2 Å². The van der Waals surface area contributed by atoms with E-state index in [9.17, 15) is 24.2 Å². The average molecular weight is 417 g/mol. The number of halogens is 1. The quantitative estimate of drug-likeness (QED) is 0.613. The molecule has 0 radical (unpaired) electrons. The van der Waals surface area contributed by atoms with Gasteiger partial charge in [-0.25, -0.2) is 4.39 Å². The van der Waals surface area contributed by atoms with Gasteiger partial charge in [-0.3, -0.25) is 14.5 Å². The molecule has 1 unspecified atom stereocenters. The fourth-order valence-corrected chi connectivity index (χ4v) is 3.81. The molecular formula is C25H20FNO4. The summed E-state index contributed by atoms with van der Waals surface area (Å²) in [5.41, 5.74) is 1.72. The number of aryl methyl sites for hydroxylation is 1. The molecule has 1 aliphatic rings. The molecule has 156 valence electrons. The molecule has 6 heteroatoms. The monoisotopic (exact) mass is 417 g/mol. The summed E-state index contributed by atoms with van der Waals surface area (Å²) < 4.78 is 13.4. The molecule has 0 fully saturated rings. The van der Waals surface area contributed by atoms with Crippen molar-refractivity contribution in [2.75, 3.05) is 4.90 Å². The van der Waals surface area contributed by atoms with Crippen molar-refractivity contribution in [3.05, 3.63) is 107 Å². The number of benzene rings is 3. The van der Waals surface area contributed by atoms with E-state index in [0.29, 0.717) is 17.7 Å². The van der Waals surface area contributed by atoms with Gasteiger partial charge in [0, 0.05) is 12.1 Å². The zero-order valence-corrected chi connectivity index (χ0v) is 16.5. The Bertz CT molecular complexity index is 1160. The highest BCUT2D eigenvalue weighted by atomic mass is 19.1. The number of Topliss-reactive ketones (excluding diaryl/α,β-unsaturated/α-hetero) is 1. The SMILES string of the molecule is O=C(CCc1ccccc1)C1=C(O)C(=O)N(c2ccc(F)cc2)C1c1cccc(O)c1. The van der Waals surface area contributed by atoms with Crippen LogP contribution in [0.5, 0.6) is 5.75 Å². The molecule has 3 aromatic rings. The van der Waals surface area contributed by atoms with E-state index in [2.05, 4.69) is 0 Å². The molecule has 3 aromatic carbocycles.